The maximum absolute atomic E-state index is 15.0. The first-order chi connectivity index (χ1) is 9.40. The van der Waals surface area contributed by atoms with Crippen molar-refractivity contribution >= 4 is 41.2 Å². The standard InChI is InChI=1S/C14H15BCl2FN2/c1-5-10-7(2)13-8(3)12-6-11(16)14(17)20(12)15(18)19(13)9(10)4/h6H,5H2,1-4H3/q+1. The highest BCUT2D eigenvalue weighted by Gasteiger charge is 2.51. The molecule has 0 amide bonds. The Balaban J connectivity index is 2.39. The van der Waals surface area contributed by atoms with Gasteiger partial charge in [-0.15, -0.1) is 0 Å². The van der Waals surface area contributed by atoms with Gasteiger partial charge in [-0.25, -0.2) is 8.80 Å². The number of hydrogen-bond donors (Lipinski definition) is 0. The van der Waals surface area contributed by atoms with Crippen LogP contribution in [0.25, 0.3) is 5.57 Å². The monoisotopic (exact) mass is 311 g/mol. The van der Waals surface area contributed by atoms with Crippen molar-refractivity contribution in [1.29, 1.82) is 0 Å². The zero-order valence-corrected chi connectivity index (χ0v) is 13.4. The van der Waals surface area contributed by atoms with E-state index < -0.39 is 7.26 Å². The molecule has 0 N–H and O–H groups in total. The molecule has 1 aromatic rings. The molecule has 3 heterocycles. The molecule has 0 aromatic carbocycles. The van der Waals surface area contributed by atoms with Gasteiger partial charge in [0.2, 0.25) is 0 Å². The van der Waals surface area contributed by atoms with Crippen molar-refractivity contribution in [3.63, 3.8) is 0 Å². The number of nitrogens with zero attached hydrogens (tertiary/aromatic N) is 2. The van der Waals surface area contributed by atoms with Crippen LogP contribution in [0.15, 0.2) is 16.8 Å². The molecular weight excluding hydrogens is 297 g/mol. The van der Waals surface area contributed by atoms with Crippen molar-refractivity contribution in [2.24, 2.45) is 0 Å². The van der Waals surface area contributed by atoms with Crippen molar-refractivity contribution in [2.75, 3.05) is 0 Å². The van der Waals surface area contributed by atoms with Gasteiger partial charge in [-0.3, -0.25) is 4.48 Å². The van der Waals surface area contributed by atoms with Gasteiger partial charge in [-0.05, 0) is 49.9 Å². The highest BCUT2D eigenvalue weighted by molar-refractivity contribution is 6.76. The molecular formula is C14H15BCl2FN2+. The normalized spacial score (nSPS) is 17.8. The van der Waals surface area contributed by atoms with Crippen molar-refractivity contribution in [3.05, 3.63) is 39.3 Å². The fourth-order valence-electron chi connectivity index (χ4n) is 3.36. The molecule has 1 aromatic heterocycles. The van der Waals surface area contributed by atoms with Crippen LogP contribution in [0.4, 0.5) is 4.32 Å². The van der Waals surface area contributed by atoms with Gasteiger partial charge < -0.3 is 0 Å². The molecule has 3 rings (SSSR count). The Morgan fingerprint density at radius 1 is 1.30 bits per heavy atom. The van der Waals surface area contributed by atoms with Crippen molar-refractivity contribution < 1.29 is 8.80 Å². The molecule has 0 spiro atoms. The average molecular weight is 312 g/mol. The Kier molecular flexibility index (Phi) is 3.14. The molecule has 0 aliphatic carbocycles. The van der Waals surface area contributed by atoms with E-state index in [0.29, 0.717) is 5.03 Å². The largest absolute Gasteiger partial charge is 0.847 e. The summed E-state index contributed by atoms with van der Waals surface area (Å²) < 4.78 is 18.2. The molecule has 0 bridgehead atoms. The predicted molar refractivity (Wildman–Crippen MR) is 83.2 cm³/mol. The molecule has 2 aliphatic heterocycles. The van der Waals surface area contributed by atoms with E-state index in [2.05, 4.69) is 13.8 Å². The number of aromatic nitrogens is 1. The molecule has 0 saturated carbocycles. The first kappa shape index (κ1) is 14.0. The molecule has 2 aliphatic rings. The van der Waals surface area contributed by atoms with E-state index >= 15 is 0 Å². The molecule has 20 heavy (non-hydrogen) atoms. The lowest BCUT2D eigenvalue weighted by Gasteiger charge is -2.17. The number of allylic oxidation sites excluding steroid dienone is 3. The number of halogens is 3. The fraction of sp³-hybridized carbons (Fsp3) is 0.357. The van der Waals surface area contributed by atoms with E-state index in [-0.39, 0.29) is 5.17 Å². The van der Waals surface area contributed by atoms with Crippen LogP contribution in [0, 0.1) is 13.8 Å². The van der Waals surface area contributed by atoms with Crippen LogP contribution in [0.3, 0.4) is 0 Å². The van der Waals surface area contributed by atoms with Gasteiger partial charge in [-0.1, -0.05) is 18.5 Å². The lowest BCUT2D eigenvalue weighted by atomic mass is 9.93. The van der Waals surface area contributed by atoms with Gasteiger partial charge >= 0.3 is 7.26 Å². The van der Waals surface area contributed by atoms with Gasteiger partial charge in [0.15, 0.2) is 5.70 Å². The number of rotatable bonds is 1. The van der Waals surface area contributed by atoms with Crippen LogP contribution >= 0.6 is 23.2 Å². The summed E-state index contributed by atoms with van der Waals surface area (Å²) in [5, 5.41) is 0.642. The lowest BCUT2D eigenvalue weighted by Crippen LogP contribution is -2.39. The zero-order chi connectivity index (χ0) is 14.8. The molecule has 2 nitrogen and oxygen atoms in total. The van der Waals surface area contributed by atoms with E-state index in [1.165, 1.54) is 10.0 Å². The predicted octanol–water partition coefficient (Wildman–Crippen LogP) is 4.00. The maximum atomic E-state index is 15.0. The van der Waals surface area contributed by atoms with Crippen molar-refractivity contribution in [2.45, 2.75) is 34.1 Å². The molecule has 0 fully saturated rings. The van der Waals surface area contributed by atoms with E-state index in [0.717, 1.165) is 34.6 Å². The Hall–Kier alpha value is -0.995. The summed E-state index contributed by atoms with van der Waals surface area (Å²) in [6.45, 7) is 8.09. The molecule has 0 unspecified atom stereocenters. The average Bonchev–Trinajstić information content (AvgIpc) is 2.83. The van der Waals surface area contributed by atoms with Gasteiger partial charge in [0.25, 0.3) is 5.17 Å². The van der Waals surface area contributed by atoms with E-state index in [9.17, 15) is 4.32 Å². The van der Waals surface area contributed by atoms with Crippen LogP contribution in [0.5, 0.6) is 0 Å². The Bertz CT molecular complexity index is 728. The molecule has 104 valence electrons. The molecule has 0 saturated heterocycles. The third kappa shape index (κ3) is 1.55. The third-order valence-electron chi connectivity index (χ3n) is 4.30. The second-order valence-corrected chi connectivity index (χ2v) is 6.00. The Labute approximate surface area is 128 Å². The number of hydrogen-bond acceptors (Lipinski definition) is 0. The van der Waals surface area contributed by atoms with Gasteiger partial charge in [-0.2, -0.15) is 0 Å². The minimum atomic E-state index is -1.34. The van der Waals surface area contributed by atoms with E-state index in [1.807, 2.05) is 13.8 Å². The molecule has 0 atom stereocenters. The van der Waals surface area contributed by atoms with Crippen LogP contribution in [-0.2, 0) is 6.42 Å². The maximum Gasteiger partial charge on any atom is 0.847 e. The summed E-state index contributed by atoms with van der Waals surface area (Å²) in [6, 6.07) is 0. The second kappa shape index (κ2) is 4.50. The summed E-state index contributed by atoms with van der Waals surface area (Å²) in [7, 11) is -1.34. The zero-order valence-electron chi connectivity index (χ0n) is 11.9. The topological polar surface area (TPSA) is 7.94 Å². The second-order valence-electron chi connectivity index (χ2n) is 5.24. The highest BCUT2D eigenvalue weighted by atomic mass is 35.5. The van der Waals surface area contributed by atoms with Crippen LogP contribution < -0.4 is 0 Å². The first-order valence-electron chi connectivity index (χ1n) is 6.65. The summed E-state index contributed by atoms with van der Waals surface area (Å²) in [5.74, 6) is 0. The summed E-state index contributed by atoms with van der Waals surface area (Å²) in [5.41, 5.74) is 6.01. The minimum Gasteiger partial charge on any atom is -0.290 e. The van der Waals surface area contributed by atoms with Gasteiger partial charge in [0.05, 0.1) is 0 Å². The van der Waals surface area contributed by atoms with Crippen molar-refractivity contribution in [1.82, 2.24) is 4.48 Å². The fourth-order valence-corrected chi connectivity index (χ4v) is 3.78. The molecule has 0 radical (unpaired) electrons. The van der Waals surface area contributed by atoms with Crippen LogP contribution in [0.1, 0.15) is 36.4 Å². The summed E-state index contributed by atoms with van der Waals surface area (Å²) >= 11 is 12.2. The summed E-state index contributed by atoms with van der Waals surface area (Å²) in [4.78, 5) is 0. The SMILES string of the molecule is CCc1c(C)c2n(c1C)B(F)[N+]1=C(Cl)C(Cl)=CC1=C2C. The summed E-state index contributed by atoms with van der Waals surface area (Å²) in [6.07, 6.45) is 2.63. The number of fused-ring (bicyclic) bond motifs is 2. The first-order valence-corrected chi connectivity index (χ1v) is 7.40. The van der Waals surface area contributed by atoms with Crippen molar-refractivity contribution in [3.8, 4) is 0 Å². The smallest absolute Gasteiger partial charge is 0.290 e. The van der Waals surface area contributed by atoms with E-state index in [1.54, 1.807) is 10.6 Å². The van der Waals surface area contributed by atoms with E-state index in [4.69, 9.17) is 23.2 Å². The molecule has 6 heteroatoms. The van der Waals surface area contributed by atoms with Crippen LogP contribution in [0.2, 0.25) is 0 Å². The quantitative estimate of drug-likeness (QED) is 0.693. The Morgan fingerprint density at radius 3 is 2.55 bits per heavy atom. The van der Waals surface area contributed by atoms with Crippen LogP contribution in [-0.4, -0.2) is 21.4 Å². The third-order valence-corrected chi connectivity index (χ3v) is 5.07. The highest BCUT2D eigenvalue weighted by Crippen LogP contribution is 2.38. The van der Waals surface area contributed by atoms with Gasteiger partial charge in [0, 0.05) is 23.0 Å². The Morgan fingerprint density at radius 2 is 1.95 bits per heavy atom. The lowest BCUT2D eigenvalue weighted by molar-refractivity contribution is -0.332. The van der Waals surface area contributed by atoms with Gasteiger partial charge in [0.1, 0.15) is 5.03 Å². The minimum absolute atomic E-state index is 0.253.